The number of nitrogens with zero attached hydrogens (tertiary/aromatic N) is 1. The number of benzene rings is 2. The van der Waals surface area contributed by atoms with E-state index in [9.17, 15) is 9.59 Å². The van der Waals surface area contributed by atoms with Gasteiger partial charge in [-0.3, -0.25) is 9.59 Å². The second-order valence-electron chi connectivity index (χ2n) is 5.92. The number of amides is 2. The molecule has 0 aliphatic carbocycles. The molecule has 0 atom stereocenters. The average Bonchev–Trinajstić information content (AvgIpc) is 2.68. The maximum atomic E-state index is 12.3. The first-order valence-electron chi connectivity index (χ1n) is 8.99. The first kappa shape index (κ1) is 20.3. The number of ether oxygens (including phenoxy) is 2. The van der Waals surface area contributed by atoms with E-state index in [1.165, 1.54) is 0 Å². The van der Waals surface area contributed by atoms with Crippen LogP contribution < -0.4 is 14.8 Å². The van der Waals surface area contributed by atoms with Gasteiger partial charge in [0.1, 0.15) is 11.5 Å². The van der Waals surface area contributed by atoms with Crippen molar-refractivity contribution in [2.75, 3.05) is 32.1 Å². The molecule has 0 radical (unpaired) electrons. The molecule has 0 aliphatic rings. The highest BCUT2D eigenvalue weighted by atomic mass is 16.5. The molecule has 2 aromatic carbocycles. The number of carbonyl (C=O) groups excluding carboxylic acids is 2. The van der Waals surface area contributed by atoms with E-state index in [4.69, 9.17) is 9.47 Å². The van der Waals surface area contributed by atoms with Gasteiger partial charge in [-0.25, -0.2) is 0 Å². The summed E-state index contributed by atoms with van der Waals surface area (Å²) in [6, 6.07) is 14.4. The van der Waals surface area contributed by atoms with Crippen LogP contribution in [0.4, 0.5) is 5.69 Å². The Balaban J connectivity index is 1.95. The third-order valence-electron chi connectivity index (χ3n) is 4.14. The number of methoxy groups -OCH3 is 1. The van der Waals surface area contributed by atoms with Gasteiger partial charge in [-0.15, -0.1) is 0 Å². The van der Waals surface area contributed by atoms with Crippen molar-refractivity contribution in [1.82, 2.24) is 4.90 Å². The molecule has 0 unspecified atom stereocenters. The van der Waals surface area contributed by atoms with Crippen LogP contribution in [0.1, 0.15) is 19.4 Å². The van der Waals surface area contributed by atoms with Crippen molar-refractivity contribution in [2.24, 2.45) is 0 Å². The topological polar surface area (TPSA) is 67.9 Å². The van der Waals surface area contributed by atoms with E-state index >= 15 is 0 Å². The lowest BCUT2D eigenvalue weighted by Crippen LogP contribution is -2.34. The van der Waals surface area contributed by atoms with Gasteiger partial charge in [0.05, 0.1) is 13.5 Å². The van der Waals surface area contributed by atoms with Gasteiger partial charge in [0.15, 0.2) is 6.61 Å². The van der Waals surface area contributed by atoms with E-state index in [-0.39, 0.29) is 24.8 Å². The Morgan fingerprint density at radius 3 is 2.48 bits per heavy atom. The third-order valence-corrected chi connectivity index (χ3v) is 4.14. The SMILES string of the molecule is CCN(CC)C(=O)COc1cccc(NC(=O)Cc2ccccc2OC)c1. The summed E-state index contributed by atoms with van der Waals surface area (Å²) in [6.45, 7) is 5.13. The van der Waals surface area contributed by atoms with Gasteiger partial charge < -0.3 is 19.7 Å². The zero-order chi connectivity index (χ0) is 19.6. The number of hydrogen-bond acceptors (Lipinski definition) is 4. The second-order valence-corrected chi connectivity index (χ2v) is 5.92. The predicted octanol–water partition coefficient (Wildman–Crippen LogP) is 3.12. The third kappa shape index (κ3) is 6.02. The van der Waals surface area contributed by atoms with Crippen molar-refractivity contribution in [3.8, 4) is 11.5 Å². The first-order chi connectivity index (χ1) is 13.1. The van der Waals surface area contributed by atoms with Crippen LogP contribution in [0.3, 0.4) is 0 Å². The molecule has 1 N–H and O–H groups in total. The van der Waals surface area contributed by atoms with E-state index in [1.807, 2.05) is 38.1 Å². The van der Waals surface area contributed by atoms with Crippen LogP contribution in [0.25, 0.3) is 0 Å². The largest absolute Gasteiger partial charge is 0.496 e. The Labute approximate surface area is 160 Å². The highest BCUT2D eigenvalue weighted by Gasteiger charge is 2.11. The molecule has 0 heterocycles. The summed E-state index contributed by atoms with van der Waals surface area (Å²) in [5.41, 5.74) is 1.43. The summed E-state index contributed by atoms with van der Waals surface area (Å²) in [5.74, 6) is 0.992. The van der Waals surface area contributed by atoms with Gasteiger partial charge in [-0.2, -0.15) is 0 Å². The lowest BCUT2D eigenvalue weighted by Gasteiger charge is -2.18. The molecule has 0 spiro atoms. The van der Waals surface area contributed by atoms with Crippen LogP contribution in [0, 0.1) is 0 Å². The molecule has 27 heavy (non-hydrogen) atoms. The van der Waals surface area contributed by atoms with Crippen LogP contribution >= 0.6 is 0 Å². The number of rotatable bonds is 9. The van der Waals surface area contributed by atoms with E-state index in [0.29, 0.717) is 30.3 Å². The number of anilines is 1. The van der Waals surface area contributed by atoms with E-state index in [0.717, 1.165) is 5.56 Å². The fraction of sp³-hybridized carbons (Fsp3) is 0.333. The molecule has 2 aromatic rings. The van der Waals surface area contributed by atoms with Gasteiger partial charge in [-0.1, -0.05) is 24.3 Å². The van der Waals surface area contributed by atoms with Crippen molar-refractivity contribution >= 4 is 17.5 Å². The van der Waals surface area contributed by atoms with Crippen molar-refractivity contribution < 1.29 is 19.1 Å². The summed E-state index contributed by atoms with van der Waals surface area (Å²) >= 11 is 0. The van der Waals surface area contributed by atoms with E-state index in [2.05, 4.69) is 5.32 Å². The summed E-state index contributed by atoms with van der Waals surface area (Å²) in [6.07, 6.45) is 0.204. The molecule has 6 nitrogen and oxygen atoms in total. The van der Waals surface area contributed by atoms with Gasteiger partial charge in [0.25, 0.3) is 5.91 Å². The monoisotopic (exact) mass is 370 g/mol. The van der Waals surface area contributed by atoms with Crippen molar-refractivity contribution in [3.05, 3.63) is 54.1 Å². The summed E-state index contributed by atoms with van der Waals surface area (Å²) < 4.78 is 10.8. The van der Waals surface area contributed by atoms with E-state index < -0.39 is 0 Å². The second kappa shape index (κ2) is 10.2. The minimum absolute atomic E-state index is 0.0275. The van der Waals surface area contributed by atoms with Crippen molar-refractivity contribution in [3.63, 3.8) is 0 Å². The molecule has 2 rings (SSSR count). The van der Waals surface area contributed by atoms with Crippen LogP contribution in [-0.2, 0) is 16.0 Å². The molecule has 0 saturated carbocycles. The standard InChI is InChI=1S/C21H26N2O4/c1-4-23(5-2)21(25)15-27-18-11-8-10-17(14-18)22-20(24)13-16-9-6-7-12-19(16)26-3/h6-12,14H,4-5,13,15H2,1-3H3,(H,22,24). The number of carbonyl (C=O) groups is 2. The smallest absolute Gasteiger partial charge is 0.260 e. The minimum atomic E-state index is -0.157. The average molecular weight is 370 g/mol. The van der Waals surface area contributed by atoms with Crippen molar-refractivity contribution in [1.29, 1.82) is 0 Å². The highest BCUT2D eigenvalue weighted by Crippen LogP contribution is 2.20. The van der Waals surface area contributed by atoms with Gasteiger partial charge >= 0.3 is 0 Å². The lowest BCUT2D eigenvalue weighted by molar-refractivity contribution is -0.133. The van der Waals surface area contributed by atoms with Gasteiger partial charge in [0, 0.05) is 30.4 Å². The van der Waals surface area contributed by atoms with Gasteiger partial charge in [0.2, 0.25) is 5.91 Å². The molecule has 0 saturated heterocycles. The quantitative estimate of drug-likeness (QED) is 0.736. The molecule has 144 valence electrons. The molecular weight excluding hydrogens is 344 g/mol. The number of para-hydroxylation sites is 1. The first-order valence-corrected chi connectivity index (χ1v) is 8.99. The maximum Gasteiger partial charge on any atom is 0.260 e. The Morgan fingerprint density at radius 1 is 1.04 bits per heavy atom. The molecule has 0 bridgehead atoms. The Morgan fingerprint density at radius 2 is 1.78 bits per heavy atom. The zero-order valence-corrected chi connectivity index (χ0v) is 16.0. The molecular formula is C21H26N2O4. The van der Waals surface area contributed by atoms with Crippen LogP contribution in [0.2, 0.25) is 0 Å². The Bertz CT molecular complexity index is 772. The number of hydrogen-bond donors (Lipinski definition) is 1. The number of likely N-dealkylation sites (N-methyl/N-ethyl adjacent to an activating group) is 1. The molecule has 0 aliphatic heterocycles. The summed E-state index contributed by atoms with van der Waals surface area (Å²) in [7, 11) is 1.58. The lowest BCUT2D eigenvalue weighted by atomic mass is 10.1. The summed E-state index contributed by atoms with van der Waals surface area (Å²) in [4.78, 5) is 26.1. The highest BCUT2D eigenvalue weighted by molar-refractivity contribution is 5.92. The zero-order valence-electron chi connectivity index (χ0n) is 16.0. The predicted molar refractivity (Wildman–Crippen MR) is 105 cm³/mol. The van der Waals surface area contributed by atoms with E-state index in [1.54, 1.807) is 36.3 Å². The van der Waals surface area contributed by atoms with Crippen molar-refractivity contribution in [2.45, 2.75) is 20.3 Å². The maximum absolute atomic E-state index is 12.3. The Kier molecular flexibility index (Phi) is 7.67. The fourth-order valence-electron chi connectivity index (χ4n) is 2.70. The van der Waals surface area contributed by atoms with Gasteiger partial charge in [-0.05, 0) is 32.0 Å². The van der Waals surface area contributed by atoms with Crippen LogP contribution in [-0.4, -0.2) is 43.5 Å². The molecule has 6 heteroatoms. The fourth-order valence-corrected chi connectivity index (χ4v) is 2.70. The molecule has 0 aromatic heterocycles. The molecule has 0 fully saturated rings. The van der Waals surface area contributed by atoms with Crippen LogP contribution in [0.15, 0.2) is 48.5 Å². The number of nitrogens with one attached hydrogen (secondary N) is 1. The Hall–Kier alpha value is -3.02. The normalized spacial score (nSPS) is 10.2. The summed E-state index contributed by atoms with van der Waals surface area (Å²) in [5, 5.41) is 2.85. The molecule has 2 amide bonds. The minimum Gasteiger partial charge on any atom is -0.496 e. The van der Waals surface area contributed by atoms with Crippen LogP contribution in [0.5, 0.6) is 11.5 Å².